The van der Waals surface area contributed by atoms with E-state index in [1.54, 1.807) is 0 Å². The minimum atomic E-state index is 0.453. The van der Waals surface area contributed by atoms with Crippen LogP contribution in [0.15, 0.2) is 152 Å². The van der Waals surface area contributed by atoms with Crippen molar-refractivity contribution >= 4 is 51.2 Å². The number of fused-ring (bicyclic) bond motifs is 3. The SMILES string of the molecule is C=C(/C=C\C=C/Nc1ccccc1)c1cccc(C2=Cc3c(n(/C(=C/C=C/c4ccc(C5=CCCCC5)cc4)CN)c4ccccc34)CC2)c1. The highest BCUT2D eigenvalue weighted by molar-refractivity contribution is 5.99. The Morgan fingerprint density at radius 1 is 0.780 bits per heavy atom. The molecule has 2 aliphatic carbocycles. The van der Waals surface area contributed by atoms with Gasteiger partial charge in [-0.05, 0) is 120 Å². The molecule has 0 fully saturated rings. The normalized spacial score (nSPS) is 15.1. The fourth-order valence-corrected chi connectivity index (χ4v) is 7.11. The number of nitrogens with two attached hydrogens (primary N) is 1. The molecule has 2 aliphatic rings. The van der Waals surface area contributed by atoms with Crippen molar-refractivity contribution in [2.45, 2.75) is 38.5 Å². The smallest absolute Gasteiger partial charge is 0.0535 e. The lowest BCUT2D eigenvalue weighted by molar-refractivity contribution is 0.742. The Morgan fingerprint density at radius 2 is 1.62 bits per heavy atom. The van der Waals surface area contributed by atoms with Crippen LogP contribution in [-0.4, -0.2) is 11.1 Å². The molecule has 7 rings (SSSR count). The number of para-hydroxylation sites is 2. The van der Waals surface area contributed by atoms with Crippen LogP contribution < -0.4 is 11.1 Å². The maximum Gasteiger partial charge on any atom is 0.0535 e. The van der Waals surface area contributed by atoms with E-state index in [0.717, 1.165) is 35.4 Å². The monoisotopic (exact) mass is 651 g/mol. The number of nitrogens with one attached hydrogen (secondary N) is 1. The molecule has 0 aliphatic heterocycles. The molecule has 4 aromatic carbocycles. The molecule has 0 spiro atoms. The molecule has 3 N–H and O–H groups in total. The van der Waals surface area contributed by atoms with Gasteiger partial charge in [-0.2, -0.15) is 0 Å². The topological polar surface area (TPSA) is 43.0 Å². The van der Waals surface area contributed by atoms with Crippen LogP contribution in [-0.2, 0) is 6.42 Å². The summed E-state index contributed by atoms with van der Waals surface area (Å²) in [6.45, 7) is 4.81. The molecule has 1 heterocycles. The molecule has 0 amide bonds. The minimum Gasteiger partial charge on any atom is -0.362 e. The van der Waals surface area contributed by atoms with Gasteiger partial charge >= 0.3 is 0 Å². The van der Waals surface area contributed by atoms with Crippen molar-refractivity contribution in [3.05, 3.63) is 186 Å². The number of aromatic nitrogens is 1. The van der Waals surface area contributed by atoms with Crippen molar-refractivity contribution in [1.29, 1.82) is 0 Å². The highest BCUT2D eigenvalue weighted by Crippen LogP contribution is 2.39. The second-order valence-electron chi connectivity index (χ2n) is 13.0. The maximum absolute atomic E-state index is 6.45. The largest absolute Gasteiger partial charge is 0.362 e. The Hall–Kier alpha value is -5.64. The summed E-state index contributed by atoms with van der Waals surface area (Å²) in [4.78, 5) is 0. The van der Waals surface area contributed by atoms with Gasteiger partial charge in [0.1, 0.15) is 0 Å². The third-order valence-electron chi connectivity index (χ3n) is 9.74. The third-order valence-corrected chi connectivity index (χ3v) is 9.74. The molecule has 3 heteroatoms. The van der Waals surface area contributed by atoms with E-state index in [2.05, 4.69) is 126 Å². The zero-order valence-electron chi connectivity index (χ0n) is 28.7. The first-order chi connectivity index (χ1) is 24.7. The van der Waals surface area contributed by atoms with Crippen molar-refractivity contribution in [3.63, 3.8) is 0 Å². The molecule has 1 aromatic heterocycles. The summed E-state index contributed by atoms with van der Waals surface area (Å²) in [6, 6.07) is 36.6. The lowest BCUT2D eigenvalue weighted by atomic mass is 9.90. The van der Waals surface area contributed by atoms with Crippen LogP contribution in [0.3, 0.4) is 0 Å². The molecule has 3 nitrogen and oxygen atoms in total. The quantitative estimate of drug-likeness (QED) is 0.140. The van der Waals surface area contributed by atoms with Crippen LogP contribution in [0.5, 0.6) is 0 Å². The molecule has 0 unspecified atom stereocenters. The average Bonchev–Trinajstić information content (AvgIpc) is 3.51. The van der Waals surface area contributed by atoms with Crippen LogP contribution in [0.2, 0.25) is 0 Å². The number of allylic oxidation sites excluding steroid dienone is 9. The Morgan fingerprint density at radius 3 is 2.44 bits per heavy atom. The molecule has 0 atom stereocenters. The number of rotatable bonds is 11. The van der Waals surface area contributed by atoms with Gasteiger partial charge in [0.2, 0.25) is 0 Å². The van der Waals surface area contributed by atoms with Gasteiger partial charge in [-0.15, -0.1) is 0 Å². The second-order valence-corrected chi connectivity index (χ2v) is 13.0. The van der Waals surface area contributed by atoms with E-state index < -0.39 is 0 Å². The Bertz CT molecular complexity index is 2160. The Kier molecular flexibility index (Phi) is 10.3. The van der Waals surface area contributed by atoms with E-state index in [-0.39, 0.29) is 0 Å². The first kappa shape index (κ1) is 32.9. The standard InChI is InChI=1S/C47H45N3/c1-35(14-10-11-31-49-42-20-6-3-7-21-42)39-18-13-19-40(32-39)41-29-30-47-45(33-41)44-23-8-9-24-46(44)50(47)43(34-48)22-12-15-36-25-27-38(28-26-36)37-16-4-2-5-17-37/h3,6-16,18-28,31-33,49H,1-2,4-5,17,29-30,34,48H2/b14-10-,15-12+,31-11-,43-22+. The molecule has 0 saturated carbocycles. The molecule has 0 saturated heterocycles. The lowest BCUT2D eigenvalue weighted by Crippen LogP contribution is -2.13. The van der Waals surface area contributed by atoms with E-state index in [1.807, 2.05) is 48.7 Å². The first-order valence-electron chi connectivity index (χ1n) is 17.8. The summed E-state index contributed by atoms with van der Waals surface area (Å²) in [5, 5.41) is 4.54. The van der Waals surface area contributed by atoms with E-state index in [0.29, 0.717) is 6.54 Å². The number of hydrogen-bond donors (Lipinski definition) is 2. The van der Waals surface area contributed by atoms with Crippen molar-refractivity contribution in [1.82, 2.24) is 4.57 Å². The molecule has 0 bridgehead atoms. The van der Waals surface area contributed by atoms with E-state index in [1.165, 1.54) is 75.7 Å². The van der Waals surface area contributed by atoms with E-state index >= 15 is 0 Å². The van der Waals surface area contributed by atoms with Crippen LogP contribution in [0.1, 0.15) is 65.6 Å². The minimum absolute atomic E-state index is 0.453. The molecule has 50 heavy (non-hydrogen) atoms. The Balaban J connectivity index is 1.11. The number of anilines is 1. The van der Waals surface area contributed by atoms with Crippen LogP contribution in [0.25, 0.3) is 45.5 Å². The summed E-state index contributed by atoms with van der Waals surface area (Å²) < 4.78 is 2.39. The highest BCUT2D eigenvalue weighted by Gasteiger charge is 2.22. The van der Waals surface area contributed by atoms with E-state index in [4.69, 9.17) is 5.73 Å². The van der Waals surface area contributed by atoms with Crippen LogP contribution in [0, 0.1) is 0 Å². The van der Waals surface area contributed by atoms with Crippen molar-refractivity contribution in [2.75, 3.05) is 11.9 Å². The Labute approximate surface area is 296 Å². The van der Waals surface area contributed by atoms with Gasteiger partial charge in [0.15, 0.2) is 0 Å². The maximum atomic E-state index is 6.45. The summed E-state index contributed by atoms with van der Waals surface area (Å²) >= 11 is 0. The fraction of sp³-hybridized carbons (Fsp3) is 0.149. The summed E-state index contributed by atoms with van der Waals surface area (Å²) in [6.07, 6.45) is 26.2. The highest BCUT2D eigenvalue weighted by atomic mass is 15.0. The molecular formula is C47H45N3. The van der Waals surface area contributed by atoms with Gasteiger partial charge in [0.05, 0.1) is 5.52 Å². The molecular weight excluding hydrogens is 607 g/mol. The van der Waals surface area contributed by atoms with E-state index in [9.17, 15) is 0 Å². The number of hydrogen-bond acceptors (Lipinski definition) is 2. The van der Waals surface area contributed by atoms with Crippen LogP contribution >= 0.6 is 0 Å². The van der Waals surface area contributed by atoms with Gasteiger partial charge in [-0.1, -0.05) is 116 Å². The van der Waals surface area contributed by atoms with Crippen molar-refractivity contribution < 1.29 is 0 Å². The number of nitrogens with zero attached hydrogens (tertiary/aromatic N) is 1. The molecule has 248 valence electrons. The summed E-state index contributed by atoms with van der Waals surface area (Å²) in [5.74, 6) is 0. The predicted molar refractivity (Wildman–Crippen MR) is 217 cm³/mol. The van der Waals surface area contributed by atoms with Crippen molar-refractivity contribution in [3.8, 4) is 0 Å². The lowest BCUT2D eigenvalue weighted by Gasteiger charge is -2.19. The molecule has 5 aromatic rings. The zero-order valence-corrected chi connectivity index (χ0v) is 28.7. The van der Waals surface area contributed by atoms with Gasteiger partial charge in [-0.25, -0.2) is 0 Å². The van der Waals surface area contributed by atoms with Crippen molar-refractivity contribution in [2.24, 2.45) is 5.73 Å². The summed E-state index contributed by atoms with van der Waals surface area (Å²) in [5.41, 5.74) is 21.1. The molecule has 0 radical (unpaired) electrons. The summed E-state index contributed by atoms with van der Waals surface area (Å²) in [7, 11) is 0. The average molecular weight is 652 g/mol. The van der Waals surface area contributed by atoms with Gasteiger partial charge in [-0.3, -0.25) is 0 Å². The third kappa shape index (κ3) is 7.49. The number of benzene rings is 4. The zero-order chi connectivity index (χ0) is 34.1. The fourth-order valence-electron chi connectivity index (χ4n) is 7.11. The first-order valence-corrected chi connectivity index (χ1v) is 17.8. The second kappa shape index (κ2) is 15.7. The van der Waals surface area contributed by atoms with Gasteiger partial charge in [0, 0.05) is 40.8 Å². The predicted octanol–water partition coefficient (Wildman–Crippen LogP) is 11.8. The van der Waals surface area contributed by atoms with Gasteiger partial charge in [0.25, 0.3) is 0 Å². The van der Waals surface area contributed by atoms with Gasteiger partial charge < -0.3 is 15.6 Å². The van der Waals surface area contributed by atoms with Crippen LogP contribution in [0.4, 0.5) is 5.69 Å².